The number of rotatable bonds is 8. The van der Waals surface area contributed by atoms with Crippen molar-refractivity contribution in [1.82, 2.24) is 19.5 Å². The van der Waals surface area contributed by atoms with E-state index in [2.05, 4.69) is 64.0 Å². The molecule has 10 heteroatoms. The summed E-state index contributed by atoms with van der Waals surface area (Å²) in [6.07, 6.45) is 8.90. The summed E-state index contributed by atoms with van der Waals surface area (Å²) in [5, 5.41) is 11.2. The number of methoxy groups -OCH3 is 1. The van der Waals surface area contributed by atoms with Crippen LogP contribution < -0.4 is 25.2 Å². The number of hydrogen-bond acceptors (Lipinski definition) is 8. The Balaban J connectivity index is 1.48. The highest BCUT2D eigenvalue weighted by molar-refractivity contribution is 6.02. The molecule has 1 amide bonds. The number of carbonyl (C=O) groups excluding carboxylic acids is 1. The average Bonchev–Trinajstić information content (AvgIpc) is 3.29. The van der Waals surface area contributed by atoms with Gasteiger partial charge in [0.2, 0.25) is 11.9 Å². The van der Waals surface area contributed by atoms with Crippen LogP contribution in [0.4, 0.5) is 28.8 Å². The number of nitrogens with one attached hydrogen (secondary N) is 2. The number of aromatic nitrogens is 3. The molecule has 39 heavy (non-hydrogen) atoms. The highest BCUT2D eigenvalue weighted by Crippen LogP contribution is 2.39. The molecule has 2 aliphatic heterocycles. The van der Waals surface area contributed by atoms with Crippen LogP contribution in [0.5, 0.6) is 5.75 Å². The van der Waals surface area contributed by atoms with E-state index in [0.717, 1.165) is 61.6 Å². The Morgan fingerprint density at radius 1 is 1.08 bits per heavy atom. The fraction of sp³-hybridized carbons (Fsp3) is 0.483. The van der Waals surface area contributed by atoms with E-state index in [1.165, 1.54) is 25.3 Å². The summed E-state index contributed by atoms with van der Waals surface area (Å²) in [6, 6.07) is 6.62. The predicted molar refractivity (Wildman–Crippen MR) is 158 cm³/mol. The lowest BCUT2D eigenvalue weighted by Crippen LogP contribution is -2.42. The maximum atomic E-state index is 12.4. The van der Waals surface area contributed by atoms with Crippen LogP contribution in [0.1, 0.15) is 37.7 Å². The number of benzene rings is 1. The quantitative estimate of drug-likeness (QED) is 0.412. The third-order valence-electron chi connectivity index (χ3n) is 7.92. The zero-order chi connectivity index (χ0) is 27.5. The molecule has 0 spiro atoms. The normalized spacial score (nSPS) is 16.5. The molecule has 208 valence electrons. The Morgan fingerprint density at radius 3 is 2.49 bits per heavy atom. The molecule has 1 aromatic carbocycles. The number of fused-ring (bicyclic) bond motifs is 1. The maximum Gasteiger partial charge on any atom is 0.247 e. The first kappa shape index (κ1) is 26.8. The van der Waals surface area contributed by atoms with E-state index in [4.69, 9.17) is 9.84 Å². The molecule has 2 aromatic heterocycles. The van der Waals surface area contributed by atoms with Crippen molar-refractivity contribution in [3.8, 4) is 5.75 Å². The van der Waals surface area contributed by atoms with E-state index in [9.17, 15) is 4.79 Å². The topological polar surface area (TPSA) is 90.3 Å². The number of aryl methyl sites for hydroxylation is 1. The maximum absolute atomic E-state index is 12.4. The largest absolute Gasteiger partial charge is 0.494 e. The molecule has 0 saturated carbocycles. The molecule has 2 aliphatic rings. The Hall–Kier alpha value is -3.79. The van der Waals surface area contributed by atoms with Crippen molar-refractivity contribution in [2.75, 3.05) is 67.8 Å². The van der Waals surface area contributed by atoms with Gasteiger partial charge in [0.25, 0.3) is 0 Å². The molecular weight excluding hydrogens is 492 g/mol. The first-order valence-corrected chi connectivity index (χ1v) is 13.8. The summed E-state index contributed by atoms with van der Waals surface area (Å²) in [5.41, 5.74) is 4.43. The number of piperidine rings is 2. The summed E-state index contributed by atoms with van der Waals surface area (Å²) < 4.78 is 7.78. The van der Waals surface area contributed by atoms with Crippen LogP contribution in [0.3, 0.4) is 0 Å². The summed E-state index contributed by atoms with van der Waals surface area (Å²) in [4.78, 5) is 24.0. The number of amides is 1. The van der Waals surface area contributed by atoms with Crippen molar-refractivity contribution < 1.29 is 9.53 Å². The van der Waals surface area contributed by atoms with Gasteiger partial charge in [0.05, 0.1) is 35.9 Å². The molecule has 2 saturated heterocycles. The van der Waals surface area contributed by atoms with Gasteiger partial charge in [0, 0.05) is 38.3 Å². The van der Waals surface area contributed by atoms with E-state index >= 15 is 0 Å². The van der Waals surface area contributed by atoms with Crippen LogP contribution >= 0.6 is 0 Å². The average molecular weight is 533 g/mol. The Labute approximate surface area is 230 Å². The first-order valence-electron chi connectivity index (χ1n) is 13.8. The minimum absolute atomic E-state index is 0.262. The summed E-state index contributed by atoms with van der Waals surface area (Å²) >= 11 is 0. The fourth-order valence-electron chi connectivity index (χ4n) is 5.65. The standard InChI is InChI=1S/C29H40N8O2/c1-6-27(38)31-22-17-23(26(39-5)18-24(22)35-14-10-21(11-15-35)34(3)4)32-29-30-19-25-20(2)16-28(37(25)33-29)36-12-8-7-9-13-36/h6,16-19,21H,1,7-15H2,2-5H3,(H,31,38)(H,32,33). The number of nitrogens with zero attached hydrogens (tertiary/aromatic N) is 6. The van der Waals surface area contributed by atoms with Crippen molar-refractivity contribution in [2.45, 2.75) is 45.1 Å². The van der Waals surface area contributed by atoms with E-state index in [1.807, 2.05) is 22.8 Å². The van der Waals surface area contributed by atoms with Crippen molar-refractivity contribution in [3.63, 3.8) is 0 Å². The Kier molecular flexibility index (Phi) is 7.92. The van der Waals surface area contributed by atoms with Crippen LogP contribution in [0.25, 0.3) is 5.52 Å². The van der Waals surface area contributed by atoms with E-state index < -0.39 is 0 Å². The van der Waals surface area contributed by atoms with Gasteiger partial charge in [-0.3, -0.25) is 4.79 Å². The number of ether oxygens (including phenoxy) is 1. The van der Waals surface area contributed by atoms with Crippen LogP contribution in [-0.4, -0.2) is 78.8 Å². The fourth-order valence-corrected chi connectivity index (χ4v) is 5.65. The molecule has 0 bridgehead atoms. The van der Waals surface area contributed by atoms with Gasteiger partial charge < -0.3 is 30.1 Å². The summed E-state index contributed by atoms with van der Waals surface area (Å²) in [6.45, 7) is 9.57. The smallest absolute Gasteiger partial charge is 0.247 e. The molecule has 0 atom stereocenters. The second-order valence-corrected chi connectivity index (χ2v) is 10.7. The van der Waals surface area contributed by atoms with Crippen LogP contribution in [-0.2, 0) is 4.79 Å². The lowest BCUT2D eigenvalue weighted by molar-refractivity contribution is -0.111. The Morgan fingerprint density at radius 2 is 1.82 bits per heavy atom. The molecule has 2 fully saturated rings. The van der Waals surface area contributed by atoms with E-state index in [0.29, 0.717) is 29.1 Å². The van der Waals surface area contributed by atoms with E-state index in [1.54, 1.807) is 7.11 Å². The van der Waals surface area contributed by atoms with Crippen LogP contribution in [0, 0.1) is 6.92 Å². The molecule has 10 nitrogen and oxygen atoms in total. The summed E-state index contributed by atoms with van der Waals surface area (Å²) in [7, 11) is 5.91. The third-order valence-corrected chi connectivity index (χ3v) is 7.92. The SMILES string of the molecule is C=CC(=O)Nc1cc(Nc2ncc3c(C)cc(N4CCCCC4)n3n2)c(OC)cc1N1CCC(N(C)C)CC1. The van der Waals surface area contributed by atoms with Gasteiger partial charge in [-0.05, 0) is 76.9 Å². The van der Waals surface area contributed by atoms with Gasteiger partial charge in [-0.1, -0.05) is 6.58 Å². The molecule has 3 aromatic rings. The van der Waals surface area contributed by atoms with Crippen molar-refractivity contribution in [3.05, 3.63) is 42.6 Å². The monoisotopic (exact) mass is 532 g/mol. The van der Waals surface area contributed by atoms with Crippen LogP contribution in [0.15, 0.2) is 37.1 Å². The molecule has 5 rings (SSSR count). The van der Waals surface area contributed by atoms with Gasteiger partial charge in [0.1, 0.15) is 11.6 Å². The second kappa shape index (κ2) is 11.5. The minimum atomic E-state index is -0.262. The Bertz CT molecular complexity index is 1340. The zero-order valence-electron chi connectivity index (χ0n) is 23.5. The molecule has 0 unspecified atom stereocenters. The van der Waals surface area contributed by atoms with Crippen molar-refractivity contribution in [2.24, 2.45) is 0 Å². The van der Waals surface area contributed by atoms with Gasteiger partial charge >= 0.3 is 0 Å². The lowest BCUT2D eigenvalue weighted by Gasteiger charge is -2.37. The van der Waals surface area contributed by atoms with E-state index in [-0.39, 0.29) is 5.91 Å². The van der Waals surface area contributed by atoms with Gasteiger partial charge in [-0.2, -0.15) is 0 Å². The molecular formula is C29H40N8O2. The highest BCUT2D eigenvalue weighted by atomic mass is 16.5. The number of hydrogen-bond donors (Lipinski definition) is 2. The first-order chi connectivity index (χ1) is 18.9. The molecule has 0 radical (unpaired) electrons. The van der Waals surface area contributed by atoms with Crippen LogP contribution in [0.2, 0.25) is 0 Å². The lowest BCUT2D eigenvalue weighted by atomic mass is 10.0. The third kappa shape index (κ3) is 5.66. The summed E-state index contributed by atoms with van der Waals surface area (Å²) in [5.74, 6) is 1.94. The van der Waals surface area contributed by atoms with Crippen molar-refractivity contribution >= 4 is 40.3 Å². The van der Waals surface area contributed by atoms with Gasteiger partial charge in [-0.15, -0.1) is 5.10 Å². The zero-order valence-corrected chi connectivity index (χ0v) is 23.5. The van der Waals surface area contributed by atoms with Gasteiger partial charge in [0.15, 0.2) is 0 Å². The molecule has 4 heterocycles. The number of anilines is 5. The van der Waals surface area contributed by atoms with Crippen molar-refractivity contribution in [1.29, 1.82) is 0 Å². The predicted octanol–water partition coefficient (Wildman–Crippen LogP) is 4.44. The number of carbonyl (C=O) groups is 1. The second-order valence-electron chi connectivity index (χ2n) is 10.7. The minimum Gasteiger partial charge on any atom is -0.494 e. The molecule has 2 N–H and O–H groups in total. The molecule has 0 aliphatic carbocycles. The highest BCUT2D eigenvalue weighted by Gasteiger charge is 2.25. The van der Waals surface area contributed by atoms with Gasteiger partial charge in [-0.25, -0.2) is 9.50 Å².